The molecule has 1 aliphatic rings. The summed E-state index contributed by atoms with van der Waals surface area (Å²) in [6.07, 6.45) is 6.27. The van der Waals surface area contributed by atoms with E-state index in [1.165, 1.54) is 50.0 Å². The lowest BCUT2D eigenvalue weighted by atomic mass is 9.81. The fourth-order valence-corrected chi connectivity index (χ4v) is 4.37. The number of nitrogens with two attached hydrogens (primary N) is 1. The third-order valence-corrected chi connectivity index (χ3v) is 5.56. The number of H-pyrrole nitrogens is 1. The van der Waals surface area contributed by atoms with Crippen LogP contribution in [0.5, 0.6) is 5.75 Å². The fourth-order valence-electron chi connectivity index (χ4n) is 4.37. The third kappa shape index (κ3) is 3.44. The highest BCUT2D eigenvalue weighted by atomic mass is 16.5. The van der Waals surface area contributed by atoms with Crippen molar-refractivity contribution in [3.8, 4) is 17.0 Å². The van der Waals surface area contributed by atoms with Gasteiger partial charge in [0.05, 0.1) is 5.69 Å². The number of aryl methyl sites for hydroxylation is 1. The van der Waals surface area contributed by atoms with Gasteiger partial charge in [-0.1, -0.05) is 31.4 Å². The lowest BCUT2D eigenvalue weighted by Crippen LogP contribution is -2.06. The van der Waals surface area contributed by atoms with Gasteiger partial charge in [0.25, 0.3) is 0 Å². The number of hydrogen-bond donors (Lipinski definition) is 2. The van der Waals surface area contributed by atoms with E-state index in [-0.39, 0.29) is 5.97 Å². The lowest BCUT2D eigenvalue weighted by molar-refractivity contribution is -0.131. The molecule has 0 atom stereocenters. The number of anilines is 1. The normalized spacial score (nSPS) is 15.2. The standard InChI is InChI=1S/C23H26N2O2/c1-14-8-10-18(20(24)12-14)23-22(16-6-4-3-5-7-16)19-11-9-17(27-15(2)26)13-21(19)25-23/h8-13,16,25H,3-7,24H2,1-2H3. The van der Waals surface area contributed by atoms with Crippen molar-refractivity contribution >= 4 is 22.6 Å². The van der Waals surface area contributed by atoms with Gasteiger partial charge in [0.15, 0.2) is 0 Å². The number of nitrogen functional groups attached to an aromatic ring is 1. The summed E-state index contributed by atoms with van der Waals surface area (Å²) < 4.78 is 5.28. The Morgan fingerprint density at radius 2 is 1.89 bits per heavy atom. The highest BCUT2D eigenvalue weighted by Gasteiger charge is 2.24. The van der Waals surface area contributed by atoms with Crippen molar-refractivity contribution in [3.63, 3.8) is 0 Å². The lowest BCUT2D eigenvalue weighted by Gasteiger charge is -2.23. The van der Waals surface area contributed by atoms with Gasteiger partial charge in [-0.05, 0) is 55.0 Å². The van der Waals surface area contributed by atoms with Gasteiger partial charge in [-0.25, -0.2) is 0 Å². The molecule has 0 saturated heterocycles. The Kier molecular flexibility index (Phi) is 4.65. The number of benzene rings is 2. The zero-order chi connectivity index (χ0) is 19.0. The van der Waals surface area contributed by atoms with Gasteiger partial charge >= 0.3 is 5.97 Å². The molecule has 0 aliphatic heterocycles. The van der Waals surface area contributed by atoms with Crippen LogP contribution in [-0.4, -0.2) is 11.0 Å². The summed E-state index contributed by atoms with van der Waals surface area (Å²) in [5.74, 6) is 0.786. The quantitative estimate of drug-likeness (QED) is 0.357. The van der Waals surface area contributed by atoms with Gasteiger partial charge in [-0.15, -0.1) is 0 Å². The maximum atomic E-state index is 11.3. The van der Waals surface area contributed by atoms with E-state index in [0.29, 0.717) is 11.7 Å². The molecule has 0 unspecified atom stereocenters. The number of rotatable bonds is 3. The number of nitrogens with one attached hydrogen (secondary N) is 1. The van der Waals surface area contributed by atoms with Gasteiger partial charge in [0.1, 0.15) is 5.75 Å². The molecule has 1 saturated carbocycles. The molecule has 1 aromatic heterocycles. The second kappa shape index (κ2) is 7.10. The second-order valence-corrected chi connectivity index (χ2v) is 7.64. The molecule has 27 heavy (non-hydrogen) atoms. The molecule has 1 heterocycles. The Hall–Kier alpha value is -2.75. The summed E-state index contributed by atoms with van der Waals surface area (Å²) in [5, 5.41) is 1.20. The fraction of sp³-hybridized carbons (Fsp3) is 0.348. The maximum Gasteiger partial charge on any atom is 0.308 e. The topological polar surface area (TPSA) is 68.1 Å². The molecule has 4 heteroatoms. The Balaban J connectivity index is 1.90. The zero-order valence-corrected chi connectivity index (χ0v) is 16.0. The van der Waals surface area contributed by atoms with Crippen LogP contribution >= 0.6 is 0 Å². The summed E-state index contributed by atoms with van der Waals surface area (Å²) in [4.78, 5) is 14.9. The van der Waals surface area contributed by atoms with Crippen molar-refractivity contribution in [2.24, 2.45) is 0 Å². The molecule has 4 nitrogen and oxygen atoms in total. The van der Waals surface area contributed by atoms with Crippen LogP contribution in [0, 0.1) is 6.92 Å². The van der Waals surface area contributed by atoms with Crippen molar-refractivity contribution in [1.29, 1.82) is 0 Å². The van der Waals surface area contributed by atoms with Crippen LogP contribution in [0.3, 0.4) is 0 Å². The Morgan fingerprint density at radius 1 is 1.11 bits per heavy atom. The summed E-state index contributed by atoms with van der Waals surface area (Å²) in [6, 6.07) is 12.1. The van der Waals surface area contributed by atoms with E-state index in [1.54, 1.807) is 0 Å². The van der Waals surface area contributed by atoms with Gasteiger partial charge < -0.3 is 15.5 Å². The first-order valence-electron chi connectivity index (χ1n) is 9.73. The maximum absolute atomic E-state index is 11.3. The molecule has 2 aromatic carbocycles. The SMILES string of the molecule is CC(=O)Oc1ccc2c(C3CCCCC3)c(-c3ccc(C)cc3N)[nH]c2c1. The zero-order valence-electron chi connectivity index (χ0n) is 16.0. The monoisotopic (exact) mass is 362 g/mol. The van der Waals surface area contributed by atoms with Crippen molar-refractivity contribution in [2.45, 2.75) is 51.9 Å². The van der Waals surface area contributed by atoms with Crippen LogP contribution in [0.15, 0.2) is 36.4 Å². The number of carbonyl (C=O) groups excluding carboxylic acids is 1. The molecule has 3 N–H and O–H groups in total. The number of carbonyl (C=O) groups is 1. The van der Waals surface area contributed by atoms with Crippen LogP contribution in [0.4, 0.5) is 5.69 Å². The van der Waals surface area contributed by atoms with Crippen LogP contribution in [-0.2, 0) is 4.79 Å². The third-order valence-electron chi connectivity index (χ3n) is 5.56. The van der Waals surface area contributed by atoms with E-state index in [1.807, 2.05) is 18.2 Å². The number of fused-ring (bicyclic) bond motifs is 1. The number of ether oxygens (including phenoxy) is 1. The van der Waals surface area contributed by atoms with Crippen molar-refractivity contribution in [3.05, 3.63) is 47.5 Å². The Labute approximate surface area is 159 Å². The largest absolute Gasteiger partial charge is 0.427 e. The molecule has 0 spiro atoms. The average molecular weight is 362 g/mol. The number of esters is 1. The molecular weight excluding hydrogens is 336 g/mol. The van der Waals surface area contributed by atoms with Gasteiger partial charge in [-0.3, -0.25) is 4.79 Å². The molecule has 3 aromatic rings. The Bertz CT molecular complexity index is 997. The van der Waals surface area contributed by atoms with Crippen LogP contribution in [0.2, 0.25) is 0 Å². The minimum absolute atomic E-state index is 0.309. The molecule has 0 bridgehead atoms. The predicted octanol–water partition coefficient (Wildman–Crippen LogP) is 5.70. The van der Waals surface area contributed by atoms with Crippen LogP contribution in [0.1, 0.15) is 56.1 Å². The molecule has 0 radical (unpaired) electrons. The van der Waals surface area contributed by atoms with E-state index in [4.69, 9.17) is 10.5 Å². The summed E-state index contributed by atoms with van der Waals surface area (Å²) >= 11 is 0. The molecular formula is C23H26N2O2. The van der Waals surface area contributed by atoms with Gasteiger partial charge in [0.2, 0.25) is 0 Å². The summed E-state index contributed by atoms with van der Waals surface area (Å²) in [6.45, 7) is 3.48. The smallest absolute Gasteiger partial charge is 0.308 e. The number of aromatic nitrogens is 1. The molecule has 1 aliphatic carbocycles. The summed E-state index contributed by atoms with van der Waals surface area (Å²) in [5.41, 5.74) is 12.8. The number of hydrogen-bond acceptors (Lipinski definition) is 3. The molecule has 0 amide bonds. The van der Waals surface area contributed by atoms with Crippen molar-refractivity contribution < 1.29 is 9.53 Å². The molecule has 140 valence electrons. The minimum Gasteiger partial charge on any atom is -0.427 e. The van der Waals surface area contributed by atoms with Crippen molar-refractivity contribution in [2.75, 3.05) is 5.73 Å². The molecule has 1 fully saturated rings. The first-order chi connectivity index (χ1) is 13.0. The van der Waals surface area contributed by atoms with Crippen LogP contribution in [0.25, 0.3) is 22.2 Å². The highest BCUT2D eigenvalue weighted by molar-refractivity contribution is 5.94. The summed E-state index contributed by atoms with van der Waals surface area (Å²) in [7, 11) is 0. The van der Waals surface area contributed by atoms with E-state index >= 15 is 0 Å². The van der Waals surface area contributed by atoms with Crippen molar-refractivity contribution in [1.82, 2.24) is 4.98 Å². The van der Waals surface area contributed by atoms with E-state index in [2.05, 4.69) is 30.1 Å². The number of aromatic amines is 1. The van der Waals surface area contributed by atoms with Gasteiger partial charge in [0, 0.05) is 35.1 Å². The van der Waals surface area contributed by atoms with E-state index in [9.17, 15) is 4.79 Å². The second-order valence-electron chi connectivity index (χ2n) is 7.64. The van der Waals surface area contributed by atoms with E-state index < -0.39 is 0 Å². The predicted molar refractivity (Wildman–Crippen MR) is 110 cm³/mol. The highest BCUT2D eigenvalue weighted by Crippen LogP contribution is 2.44. The van der Waals surface area contributed by atoms with E-state index in [0.717, 1.165) is 28.0 Å². The average Bonchev–Trinajstić information content (AvgIpc) is 3.00. The van der Waals surface area contributed by atoms with Gasteiger partial charge in [-0.2, -0.15) is 0 Å². The minimum atomic E-state index is -0.309. The first kappa shape index (κ1) is 17.7. The molecule has 4 rings (SSSR count). The van der Waals surface area contributed by atoms with Crippen LogP contribution < -0.4 is 10.5 Å². The first-order valence-corrected chi connectivity index (χ1v) is 9.73. The Morgan fingerprint density at radius 3 is 2.59 bits per heavy atom.